The molecule has 6 nitrogen and oxygen atoms in total. The molecule has 0 spiro atoms. The summed E-state index contributed by atoms with van der Waals surface area (Å²) in [4.78, 5) is 15.9. The second kappa shape index (κ2) is 7.29. The number of rotatable bonds is 5. The number of hydrogen-bond acceptors (Lipinski definition) is 5. The lowest BCUT2D eigenvalue weighted by Gasteiger charge is -2.19. The Balaban J connectivity index is 1.69. The summed E-state index contributed by atoms with van der Waals surface area (Å²) >= 11 is 0. The molecule has 2 aliphatic rings. The second-order valence-electron chi connectivity index (χ2n) is 6.11. The first kappa shape index (κ1) is 18.7. The number of pyridine rings is 1. The van der Waals surface area contributed by atoms with Crippen molar-refractivity contribution in [1.82, 2.24) is 20.9 Å². The highest BCUT2D eigenvalue weighted by molar-refractivity contribution is 5.86. The predicted octanol–water partition coefficient (Wildman–Crippen LogP) is 2.17. The summed E-state index contributed by atoms with van der Waals surface area (Å²) in [5.41, 5.74) is 2.54. The number of carbonyl (C=O) groups is 1. The average Bonchev–Trinajstić information content (AvgIpc) is 3.02. The van der Waals surface area contributed by atoms with Crippen LogP contribution in [0.1, 0.15) is 12.5 Å². The van der Waals surface area contributed by atoms with E-state index in [1.807, 2.05) is 5.32 Å². The van der Waals surface area contributed by atoms with Crippen LogP contribution < -0.4 is 21.3 Å². The van der Waals surface area contributed by atoms with Gasteiger partial charge in [-0.1, -0.05) is 0 Å². The normalized spacial score (nSPS) is 19.6. The summed E-state index contributed by atoms with van der Waals surface area (Å²) in [7, 11) is 0. The minimum atomic E-state index is -4.47. The SMILES string of the molecule is C[C@@H](Nc1cncc(C2=CNC3NC=C(F)C=C23)c1)C(=O)NCC(F)(F)F. The van der Waals surface area contributed by atoms with Gasteiger partial charge in [-0.05, 0) is 19.1 Å². The van der Waals surface area contributed by atoms with Crippen molar-refractivity contribution >= 4 is 17.2 Å². The van der Waals surface area contributed by atoms with Crippen molar-refractivity contribution in [3.63, 3.8) is 0 Å². The third-order valence-electron chi connectivity index (χ3n) is 3.99. The van der Waals surface area contributed by atoms with E-state index in [1.54, 1.807) is 18.5 Å². The number of halogens is 4. The minimum absolute atomic E-state index is 0.247. The zero-order chi connectivity index (χ0) is 19.6. The van der Waals surface area contributed by atoms with Crippen LogP contribution in [-0.2, 0) is 4.79 Å². The smallest absolute Gasteiger partial charge is 0.373 e. The largest absolute Gasteiger partial charge is 0.405 e. The number of hydrogen-bond donors (Lipinski definition) is 4. The van der Waals surface area contributed by atoms with Gasteiger partial charge in [-0.3, -0.25) is 9.78 Å². The summed E-state index contributed by atoms with van der Waals surface area (Å²) in [6.07, 6.45) is 2.69. The van der Waals surface area contributed by atoms with Gasteiger partial charge in [0.1, 0.15) is 24.6 Å². The molecule has 1 aromatic rings. The van der Waals surface area contributed by atoms with E-state index in [-0.39, 0.29) is 6.17 Å². The summed E-state index contributed by atoms with van der Waals surface area (Å²) in [5.74, 6) is -1.20. The number of carbonyl (C=O) groups excluding carboxylic acids is 1. The number of alkyl halides is 3. The third kappa shape index (κ3) is 4.57. The van der Waals surface area contributed by atoms with Crippen molar-refractivity contribution in [3.8, 4) is 0 Å². The molecule has 10 heteroatoms. The van der Waals surface area contributed by atoms with E-state index in [4.69, 9.17) is 0 Å². The van der Waals surface area contributed by atoms with E-state index in [1.165, 1.54) is 25.4 Å². The first-order valence-electron chi connectivity index (χ1n) is 8.09. The minimum Gasteiger partial charge on any atom is -0.373 e. The van der Waals surface area contributed by atoms with Gasteiger partial charge in [0.05, 0.1) is 5.69 Å². The predicted molar refractivity (Wildman–Crippen MR) is 91.7 cm³/mol. The van der Waals surface area contributed by atoms with E-state index in [9.17, 15) is 22.4 Å². The van der Waals surface area contributed by atoms with Crippen molar-refractivity contribution < 1.29 is 22.4 Å². The van der Waals surface area contributed by atoms with E-state index in [0.717, 1.165) is 5.57 Å². The maximum atomic E-state index is 13.5. The fourth-order valence-corrected chi connectivity index (χ4v) is 2.72. The van der Waals surface area contributed by atoms with Crippen LogP contribution in [0.4, 0.5) is 23.2 Å². The quantitative estimate of drug-likeness (QED) is 0.587. The maximum Gasteiger partial charge on any atom is 0.405 e. The molecule has 4 N–H and O–H groups in total. The Hall–Kier alpha value is -3.04. The monoisotopic (exact) mass is 383 g/mol. The standard InChI is InChI=1S/C17H17F4N5O/c1-9(16(27)25-8-17(19,20)21)26-12-2-10(4-22-6-12)14-7-24-15-13(14)3-11(18)5-23-15/h2-7,9,15,23-24,26H,8H2,1H3,(H,25,27)/t9-,15?/m1/s1. The number of amides is 1. The summed E-state index contributed by atoms with van der Waals surface area (Å²) in [6.45, 7) is 0.0505. The van der Waals surface area contributed by atoms with Crippen molar-refractivity contribution in [2.24, 2.45) is 0 Å². The van der Waals surface area contributed by atoms with Crippen molar-refractivity contribution in [1.29, 1.82) is 0 Å². The maximum absolute atomic E-state index is 13.5. The lowest BCUT2D eigenvalue weighted by Crippen LogP contribution is -2.42. The molecule has 1 amide bonds. The lowest BCUT2D eigenvalue weighted by atomic mass is 9.98. The van der Waals surface area contributed by atoms with Crippen LogP contribution >= 0.6 is 0 Å². The van der Waals surface area contributed by atoms with E-state index >= 15 is 0 Å². The van der Waals surface area contributed by atoms with E-state index < -0.39 is 30.5 Å². The Morgan fingerprint density at radius 2 is 2.04 bits per heavy atom. The Labute approximate surface area is 152 Å². The van der Waals surface area contributed by atoms with Crippen molar-refractivity contribution in [2.45, 2.75) is 25.3 Å². The molecule has 0 saturated heterocycles. The molecular weight excluding hydrogens is 366 g/mol. The number of nitrogens with one attached hydrogen (secondary N) is 4. The summed E-state index contributed by atoms with van der Waals surface area (Å²) in [6, 6.07) is 0.789. The third-order valence-corrected chi connectivity index (χ3v) is 3.99. The fraction of sp³-hybridized carbons (Fsp3) is 0.294. The highest BCUT2D eigenvalue weighted by Gasteiger charge is 2.29. The molecule has 0 fully saturated rings. The van der Waals surface area contributed by atoms with Gasteiger partial charge >= 0.3 is 6.18 Å². The van der Waals surface area contributed by atoms with Crippen molar-refractivity contribution in [2.75, 3.05) is 11.9 Å². The number of nitrogens with zero attached hydrogens (tertiary/aromatic N) is 1. The Kier molecular flexibility index (Phi) is 5.06. The Morgan fingerprint density at radius 3 is 2.78 bits per heavy atom. The number of allylic oxidation sites excluding steroid dienone is 2. The molecule has 1 aromatic heterocycles. The van der Waals surface area contributed by atoms with E-state index in [2.05, 4.69) is 20.9 Å². The molecule has 144 valence electrons. The molecule has 3 heterocycles. The molecule has 0 saturated carbocycles. The highest BCUT2D eigenvalue weighted by atomic mass is 19.4. The van der Waals surface area contributed by atoms with Crippen LogP contribution in [0.3, 0.4) is 0 Å². The van der Waals surface area contributed by atoms with Gasteiger partial charge in [-0.2, -0.15) is 13.2 Å². The highest BCUT2D eigenvalue weighted by Crippen LogP contribution is 2.32. The van der Waals surface area contributed by atoms with Gasteiger partial charge in [0, 0.05) is 41.5 Å². The Bertz CT molecular complexity index is 831. The fourth-order valence-electron chi connectivity index (χ4n) is 2.72. The zero-order valence-electron chi connectivity index (χ0n) is 14.2. The molecule has 0 radical (unpaired) electrons. The van der Waals surface area contributed by atoms with Gasteiger partial charge in [0.25, 0.3) is 0 Å². The number of anilines is 1. The first-order chi connectivity index (χ1) is 12.7. The molecule has 1 unspecified atom stereocenters. The van der Waals surface area contributed by atoms with E-state index in [0.29, 0.717) is 16.8 Å². The van der Waals surface area contributed by atoms with Gasteiger partial charge in [0.2, 0.25) is 5.91 Å². The van der Waals surface area contributed by atoms with Crippen LogP contribution in [0.2, 0.25) is 0 Å². The van der Waals surface area contributed by atoms with Gasteiger partial charge in [0.15, 0.2) is 0 Å². The second-order valence-corrected chi connectivity index (χ2v) is 6.11. The first-order valence-corrected chi connectivity index (χ1v) is 8.09. The average molecular weight is 383 g/mol. The molecule has 2 atom stereocenters. The van der Waals surface area contributed by atoms with Crippen LogP contribution in [0.5, 0.6) is 0 Å². The number of aromatic nitrogens is 1. The molecule has 27 heavy (non-hydrogen) atoms. The number of dihydropyridines is 1. The summed E-state index contributed by atoms with van der Waals surface area (Å²) < 4.78 is 50.1. The molecule has 0 bridgehead atoms. The topological polar surface area (TPSA) is 78.1 Å². The molecule has 3 rings (SSSR count). The van der Waals surface area contributed by atoms with Crippen LogP contribution in [0, 0.1) is 0 Å². The zero-order valence-corrected chi connectivity index (χ0v) is 14.2. The van der Waals surface area contributed by atoms with Crippen LogP contribution in [-0.4, -0.2) is 35.8 Å². The number of fused-ring (bicyclic) bond motifs is 1. The van der Waals surface area contributed by atoms with Gasteiger partial charge in [-0.25, -0.2) is 4.39 Å². The molecular formula is C17H17F4N5O. The summed E-state index contributed by atoms with van der Waals surface area (Å²) in [5, 5.41) is 10.6. The van der Waals surface area contributed by atoms with Crippen LogP contribution in [0.25, 0.3) is 5.57 Å². The van der Waals surface area contributed by atoms with Gasteiger partial charge < -0.3 is 21.3 Å². The molecule has 2 aliphatic heterocycles. The Morgan fingerprint density at radius 1 is 1.30 bits per heavy atom. The lowest BCUT2D eigenvalue weighted by molar-refractivity contribution is -0.138. The molecule has 0 aromatic carbocycles. The van der Waals surface area contributed by atoms with Gasteiger partial charge in [-0.15, -0.1) is 0 Å². The van der Waals surface area contributed by atoms with Crippen molar-refractivity contribution in [3.05, 3.63) is 53.9 Å². The van der Waals surface area contributed by atoms with Crippen LogP contribution in [0.15, 0.2) is 48.3 Å². The molecule has 0 aliphatic carbocycles.